The predicted molar refractivity (Wildman–Crippen MR) is 104 cm³/mol. The predicted octanol–water partition coefficient (Wildman–Crippen LogP) is 1.96. The van der Waals surface area contributed by atoms with E-state index in [2.05, 4.69) is 18.0 Å². The topological polar surface area (TPSA) is 60.4 Å². The molecular weight excluding hydrogens is 358 g/mol. The molecule has 28 heavy (non-hydrogen) atoms. The summed E-state index contributed by atoms with van der Waals surface area (Å²) >= 11 is 0. The Bertz CT molecular complexity index is 799. The zero-order valence-electron chi connectivity index (χ0n) is 17.4. The quantitative estimate of drug-likeness (QED) is 0.850. The van der Waals surface area contributed by atoms with E-state index < -0.39 is 0 Å². The number of phenolic OH excluding ortho intramolecular Hbond substituents is 1. The van der Waals surface area contributed by atoms with E-state index in [1.165, 1.54) is 5.56 Å². The van der Waals surface area contributed by atoms with Crippen LogP contribution in [0.5, 0.6) is 11.5 Å². The summed E-state index contributed by atoms with van der Waals surface area (Å²) in [5.41, 5.74) is 2.20. The van der Waals surface area contributed by atoms with E-state index in [9.17, 15) is 5.11 Å². The van der Waals surface area contributed by atoms with Crippen molar-refractivity contribution in [1.82, 2.24) is 4.90 Å². The Morgan fingerprint density at radius 3 is 2.50 bits per heavy atom. The minimum atomic E-state index is -0.300. The molecule has 1 aromatic rings. The Morgan fingerprint density at radius 2 is 1.89 bits per heavy atom. The first kappa shape index (κ1) is 18.7. The smallest absolute Gasteiger partial charge is 0.161 e. The molecule has 0 aromatic heterocycles. The average Bonchev–Trinajstić information content (AvgIpc) is 2.86. The highest BCUT2D eigenvalue weighted by atomic mass is 16.6. The molecule has 1 N–H and O–H groups in total. The second kappa shape index (κ2) is 6.08. The summed E-state index contributed by atoms with van der Waals surface area (Å²) in [5, 5.41) is 11.3. The fourth-order valence-corrected chi connectivity index (χ4v) is 7.77. The molecule has 1 saturated heterocycles. The summed E-state index contributed by atoms with van der Waals surface area (Å²) in [6.07, 6.45) is 2.53. The van der Waals surface area contributed by atoms with E-state index in [1.54, 1.807) is 28.4 Å². The van der Waals surface area contributed by atoms with Crippen LogP contribution in [-0.4, -0.2) is 76.4 Å². The number of benzene rings is 1. The zero-order chi connectivity index (χ0) is 19.8. The first-order valence-electron chi connectivity index (χ1n) is 10.2. The van der Waals surface area contributed by atoms with Crippen molar-refractivity contribution in [3.05, 3.63) is 23.3 Å². The van der Waals surface area contributed by atoms with E-state index in [0.29, 0.717) is 17.7 Å². The van der Waals surface area contributed by atoms with Crippen molar-refractivity contribution in [3.8, 4) is 11.5 Å². The van der Waals surface area contributed by atoms with Crippen LogP contribution >= 0.6 is 0 Å². The minimum absolute atomic E-state index is 0.0211. The van der Waals surface area contributed by atoms with Gasteiger partial charge in [-0.1, -0.05) is 6.07 Å². The molecule has 1 heterocycles. The lowest BCUT2D eigenvalue weighted by Crippen LogP contribution is -2.64. The van der Waals surface area contributed by atoms with Crippen LogP contribution in [0.2, 0.25) is 0 Å². The van der Waals surface area contributed by atoms with Crippen molar-refractivity contribution >= 4 is 0 Å². The van der Waals surface area contributed by atoms with E-state index in [-0.39, 0.29) is 34.9 Å². The molecule has 6 nitrogen and oxygen atoms in total. The lowest BCUT2D eigenvalue weighted by molar-refractivity contribution is -0.175. The highest BCUT2D eigenvalue weighted by Crippen LogP contribution is 2.71. The van der Waals surface area contributed by atoms with Crippen LogP contribution in [0, 0.1) is 11.3 Å². The van der Waals surface area contributed by atoms with Gasteiger partial charge in [0.1, 0.15) is 6.10 Å². The third-order valence-electron chi connectivity index (χ3n) is 8.30. The molecular formula is C22H31NO5. The Balaban J connectivity index is 1.77. The molecule has 3 fully saturated rings. The maximum absolute atomic E-state index is 11.3. The summed E-state index contributed by atoms with van der Waals surface area (Å²) in [6, 6.07) is 4.51. The van der Waals surface area contributed by atoms with Gasteiger partial charge in [0.15, 0.2) is 11.5 Å². The van der Waals surface area contributed by atoms with Crippen molar-refractivity contribution in [2.45, 2.75) is 49.0 Å². The molecule has 1 aliphatic heterocycles. The number of methoxy groups -OCH3 is 4. The number of nitrogens with zero attached hydrogens (tertiary/aromatic N) is 1. The number of fused-ring (bicyclic) bond motifs is 2. The summed E-state index contributed by atoms with van der Waals surface area (Å²) in [5.74, 6) is 1.15. The third kappa shape index (κ3) is 1.97. The van der Waals surface area contributed by atoms with Crippen LogP contribution in [0.15, 0.2) is 12.1 Å². The lowest BCUT2D eigenvalue weighted by atomic mass is 9.57. The Labute approximate surface area is 166 Å². The van der Waals surface area contributed by atoms with Crippen LogP contribution in [0.4, 0.5) is 0 Å². The average molecular weight is 389 g/mol. The number of hydrogen-bond donors (Lipinski definition) is 1. The molecule has 3 aliphatic carbocycles. The van der Waals surface area contributed by atoms with Crippen LogP contribution in [-0.2, 0) is 26.0 Å². The van der Waals surface area contributed by atoms with Gasteiger partial charge >= 0.3 is 0 Å². The number of hydrogen-bond acceptors (Lipinski definition) is 6. The standard InChI is InChI=1S/C22H31NO5/c1-23-11-21-9-12-6-7-14(25-2)17(24)16(12)22(10-21)13(19(21)23)8-15(26-3)18(27-4)20(22)28-5/h6-7,13,15,18-20,24H,8-11H2,1-5H3/t13?,15?,18?,19?,20?,21?,22-/m1/s1. The Kier molecular flexibility index (Phi) is 4.05. The molecule has 2 bridgehead atoms. The van der Waals surface area contributed by atoms with Gasteiger partial charge in [-0.25, -0.2) is 0 Å². The molecule has 2 spiro atoms. The van der Waals surface area contributed by atoms with Gasteiger partial charge in [0, 0.05) is 50.3 Å². The highest BCUT2D eigenvalue weighted by molar-refractivity contribution is 5.59. The summed E-state index contributed by atoms with van der Waals surface area (Å²) < 4.78 is 23.5. The summed E-state index contributed by atoms with van der Waals surface area (Å²) in [6.45, 7) is 1.09. The Morgan fingerprint density at radius 1 is 1.11 bits per heavy atom. The largest absolute Gasteiger partial charge is 0.504 e. The highest BCUT2D eigenvalue weighted by Gasteiger charge is 2.75. The Hall–Kier alpha value is -1.34. The maximum atomic E-state index is 11.3. The number of ether oxygens (including phenoxy) is 4. The molecule has 1 aromatic carbocycles. The van der Waals surface area contributed by atoms with Gasteiger partial charge in [-0.3, -0.25) is 0 Å². The molecule has 4 aliphatic rings. The molecule has 6 unspecified atom stereocenters. The normalized spacial score (nSPS) is 43.7. The molecule has 0 amide bonds. The van der Waals surface area contributed by atoms with Gasteiger partial charge in [-0.05, 0) is 43.9 Å². The van der Waals surface area contributed by atoms with Gasteiger partial charge in [-0.2, -0.15) is 0 Å². The number of rotatable bonds is 4. The molecule has 154 valence electrons. The maximum Gasteiger partial charge on any atom is 0.161 e. The molecule has 7 atom stereocenters. The SMILES string of the molecule is COc1ccc2c(c1O)[C@@]13CC4(C2)CN(C)C4C1CC(OC)C(OC)C3OC. The second-order valence-corrected chi connectivity index (χ2v) is 9.24. The fourth-order valence-electron chi connectivity index (χ4n) is 7.77. The van der Waals surface area contributed by atoms with Crippen molar-refractivity contribution in [2.75, 3.05) is 42.0 Å². The van der Waals surface area contributed by atoms with Crippen molar-refractivity contribution in [1.29, 1.82) is 0 Å². The van der Waals surface area contributed by atoms with Gasteiger partial charge < -0.3 is 29.0 Å². The van der Waals surface area contributed by atoms with Crippen LogP contribution in [0.1, 0.15) is 24.0 Å². The van der Waals surface area contributed by atoms with E-state index >= 15 is 0 Å². The minimum Gasteiger partial charge on any atom is -0.504 e. The molecule has 2 saturated carbocycles. The molecule has 0 radical (unpaired) electrons. The van der Waals surface area contributed by atoms with Gasteiger partial charge in [0.2, 0.25) is 0 Å². The van der Waals surface area contributed by atoms with Gasteiger partial charge in [0.05, 0.1) is 19.3 Å². The zero-order valence-corrected chi connectivity index (χ0v) is 17.4. The fraction of sp³-hybridized carbons (Fsp3) is 0.727. The summed E-state index contributed by atoms with van der Waals surface area (Å²) in [4.78, 5) is 2.49. The monoisotopic (exact) mass is 389 g/mol. The van der Waals surface area contributed by atoms with Crippen molar-refractivity contribution in [2.24, 2.45) is 11.3 Å². The third-order valence-corrected chi connectivity index (χ3v) is 8.30. The lowest BCUT2D eigenvalue weighted by Gasteiger charge is -2.55. The summed E-state index contributed by atoms with van der Waals surface area (Å²) in [7, 11) is 9.10. The number of phenols is 1. The van der Waals surface area contributed by atoms with Crippen LogP contribution < -0.4 is 4.74 Å². The molecule has 5 rings (SSSR count). The second-order valence-electron chi connectivity index (χ2n) is 9.24. The van der Waals surface area contributed by atoms with E-state index in [4.69, 9.17) is 18.9 Å². The van der Waals surface area contributed by atoms with E-state index in [0.717, 1.165) is 31.4 Å². The van der Waals surface area contributed by atoms with Crippen LogP contribution in [0.3, 0.4) is 0 Å². The van der Waals surface area contributed by atoms with Gasteiger partial charge in [0.25, 0.3) is 0 Å². The van der Waals surface area contributed by atoms with Crippen molar-refractivity contribution in [3.63, 3.8) is 0 Å². The first-order chi connectivity index (χ1) is 13.5. The molecule has 6 heteroatoms. The van der Waals surface area contributed by atoms with Gasteiger partial charge in [-0.15, -0.1) is 0 Å². The number of likely N-dealkylation sites (tertiary alicyclic amines) is 1. The van der Waals surface area contributed by atoms with Crippen molar-refractivity contribution < 1.29 is 24.1 Å². The number of aromatic hydroxyl groups is 1. The van der Waals surface area contributed by atoms with Crippen LogP contribution in [0.25, 0.3) is 0 Å². The van der Waals surface area contributed by atoms with E-state index in [1.807, 2.05) is 6.07 Å². The first-order valence-corrected chi connectivity index (χ1v) is 10.2.